The van der Waals surface area contributed by atoms with Crippen LogP contribution in [0.5, 0.6) is 0 Å². The van der Waals surface area contributed by atoms with Crippen molar-refractivity contribution in [2.24, 2.45) is 0 Å². The lowest BCUT2D eigenvalue weighted by Crippen LogP contribution is -2.42. The smallest absolute Gasteiger partial charge is 0.409 e. The lowest BCUT2D eigenvalue weighted by Gasteiger charge is -2.32. The van der Waals surface area contributed by atoms with Crippen LogP contribution in [0.1, 0.15) is 25.3 Å². The predicted octanol–water partition coefficient (Wildman–Crippen LogP) is 3.03. The van der Waals surface area contributed by atoms with Crippen LogP contribution in [0.25, 0.3) is 10.2 Å². The SMILES string of the molecule is CCOC(=O)N1CCC(Nc2ncnc3scc(C)c23)CC1. The Hall–Kier alpha value is -1.89. The van der Waals surface area contributed by atoms with E-state index in [9.17, 15) is 4.79 Å². The molecule has 0 aliphatic carbocycles. The Morgan fingerprint density at radius 1 is 1.45 bits per heavy atom. The average Bonchev–Trinajstić information content (AvgIpc) is 2.91. The predicted molar refractivity (Wildman–Crippen MR) is 87.4 cm³/mol. The Labute approximate surface area is 133 Å². The summed E-state index contributed by atoms with van der Waals surface area (Å²) in [6.07, 6.45) is 3.19. The van der Waals surface area contributed by atoms with Gasteiger partial charge in [0.2, 0.25) is 0 Å². The van der Waals surface area contributed by atoms with Crippen molar-refractivity contribution in [2.45, 2.75) is 32.7 Å². The van der Waals surface area contributed by atoms with Crippen molar-refractivity contribution < 1.29 is 9.53 Å². The van der Waals surface area contributed by atoms with Crippen LogP contribution in [0, 0.1) is 6.92 Å². The van der Waals surface area contributed by atoms with E-state index in [0.717, 1.165) is 28.9 Å². The molecule has 1 aliphatic heterocycles. The monoisotopic (exact) mass is 320 g/mol. The summed E-state index contributed by atoms with van der Waals surface area (Å²) < 4.78 is 5.05. The summed E-state index contributed by atoms with van der Waals surface area (Å²) in [7, 11) is 0. The highest BCUT2D eigenvalue weighted by atomic mass is 32.1. The number of carbonyl (C=O) groups excluding carboxylic acids is 1. The second-order valence-electron chi connectivity index (χ2n) is 5.43. The summed E-state index contributed by atoms with van der Waals surface area (Å²) in [5, 5.41) is 6.74. The lowest BCUT2D eigenvalue weighted by molar-refractivity contribution is 0.0983. The van der Waals surface area contributed by atoms with Crippen LogP contribution in [0.3, 0.4) is 0 Å². The van der Waals surface area contributed by atoms with E-state index in [4.69, 9.17) is 4.74 Å². The first-order valence-electron chi connectivity index (χ1n) is 7.56. The molecule has 2 aromatic heterocycles. The Morgan fingerprint density at radius 2 is 2.23 bits per heavy atom. The van der Waals surface area contributed by atoms with Crippen LogP contribution in [-0.4, -0.2) is 46.7 Å². The Morgan fingerprint density at radius 3 is 2.95 bits per heavy atom. The van der Waals surface area contributed by atoms with Gasteiger partial charge in [0.05, 0.1) is 12.0 Å². The highest BCUT2D eigenvalue weighted by molar-refractivity contribution is 7.17. The molecule has 1 fully saturated rings. The summed E-state index contributed by atoms with van der Waals surface area (Å²) in [4.78, 5) is 23.2. The molecule has 1 aliphatic rings. The van der Waals surface area contributed by atoms with Crippen LogP contribution in [0.15, 0.2) is 11.7 Å². The maximum atomic E-state index is 11.7. The molecule has 3 rings (SSSR count). The lowest BCUT2D eigenvalue weighted by atomic mass is 10.1. The van der Waals surface area contributed by atoms with E-state index in [1.54, 1.807) is 22.6 Å². The molecule has 0 saturated carbocycles. The largest absolute Gasteiger partial charge is 0.450 e. The minimum Gasteiger partial charge on any atom is -0.450 e. The van der Waals surface area contributed by atoms with Gasteiger partial charge in [0.1, 0.15) is 17.0 Å². The third-order valence-corrected chi connectivity index (χ3v) is 4.92. The van der Waals surface area contributed by atoms with E-state index in [2.05, 4.69) is 27.6 Å². The maximum Gasteiger partial charge on any atom is 0.409 e. The normalized spacial score (nSPS) is 16.0. The van der Waals surface area contributed by atoms with Gasteiger partial charge in [-0.05, 0) is 37.6 Å². The molecular weight excluding hydrogens is 300 g/mol. The number of hydrogen-bond donors (Lipinski definition) is 1. The van der Waals surface area contributed by atoms with Gasteiger partial charge in [-0.3, -0.25) is 0 Å². The van der Waals surface area contributed by atoms with Crippen molar-refractivity contribution in [1.29, 1.82) is 0 Å². The van der Waals surface area contributed by atoms with Crippen molar-refractivity contribution >= 4 is 33.5 Å². The first kappa shape index (κ1) is 15.0. The quantitative estimate of drug-likeness (QED) is 0.941. The molecule has 0 bridgehead atoms. The molecule has 118 valence electrons. The zero-order valence-electron chi connectivity index (χ0n) is 12.8. The van der Waals surface area contributed by atoms with Gasteiger partial charge in [0.15, 0.2) is 0 Å². The van der Waals surface area contributed by atoms with Crippen molar-refractivity contribution in [2.75, 3.05) is 25.0 Å². The van der Waals surface area contributed by atoms with Gasteiger partial charge in [-0.25, -0.2) is 14.8 Å². The van der Waals surface area contributed by atoms with Crippen molar-refractivity contribution in [3.63, 3.8) is 0 Å². The van der Waals surface area contributed by atoms with Crippen molar-refractivity contribution in [1.82, 2.24) is 14.9 Å². The molecule has 0 atom stereocenters. The molecular formula is C15H20N4O2S. The summed E-state index contributed by atoms with van der Waals surface area (Å²) in [6, 6.07) is 0.322. The zero-order valence-corrected chi connectivity index (χ0v) is 13.7. The topological polar surface area (TPSA) is 67.3 Å². The van der Waals surface area contributed by atoms with E-state index in [-0.39, 0.29) is 6.09 Å². The number of nitrogens with zero attached hydrogens (tertiary/aromatic N) is 3. The zero-order chi connectivity index (χ0) is 15.5. The number of carbonyl (C=O) groups is 1. The molecule has 3 heterocycles. The fourth-order valence-corrected chi connectivity index (χ4v) is 3.63. The minimum atomic E-state index is -0.209. The van der Waals surface area contributed by atoms with Crippen LogP contribution >= 0.6 is 11.3 Å². The summed E-state index contributed by atoms with van der Waals surface area (Å²) in [5.74, 6) is 0.901. The fourth-order valence-electron chi connectivity index (χ4n) is 2.74. The highest BCUT2D eigenvalue weighted by Gasteiger charge is 2.24. The first-order chi connectivity index (χ1) is 10.7. The number of piperidine rings is 1. The third-order valence-electron chi connectivity index (χ3n) is 3.92. The maximum absolute atomic E-state index is 11.7. The molecule has 6 nitrogen and oxygen atoms in total. The van der Waals surface area contributed by atoms with Crippen LogP contribution in [0.4, 0.5) is 10.6 Å². The number of hydrogen-bond acceptors (Lipinski definition) is 6. The van der Waals surface area contributed by atoms with E-state index in [1.807, 2.05) is 6.92 Å². The van der Waals surface area contributed by atoms with Gasteiger partial charge in [0, 0.05) is 19.1 Å². The average molecular weight is 320 g/mol. The van der Waals surface area contributed by atoms with E-state index >= 15 is 0 Å². The number of nitrogens with one attached hydrogen (secondary N) is 1. The Bertz CT molecular complexity index is 665. The summed E-state index contributed by atoms with van der Waals surface area (Å²) in [6.45, 7) is 5.76. The number of ether oxygens (including phenoxy) is 1. The molecule has 7 heteroatoms. The molecule has 0 unspecified atom stereocenters. The summed E-state index contributed by atoms with van der Waals surface area (Å²) >= 11 is 1.64. The number of likely N-dealkylation sites (tertiary alicyclic amines) is 1. The Kier molecular flexibility index (Phi) is 4.42. The molecule has 1 N–H and O–H groups in total. The van der Waals surface area contributed by atoms with Crippen molar-refractivity contribution in [3.8, 4) is 0 Å². The van der Waals surface area contributed by atoms with E-state index in [0.29, 0.717) is 25.7 Å². The highest BCUT2D eigenvalue weighted by Crippen LogP contribution is 2.29. The molecule has 1 saturated heterocycles. The van der Waals surface area contributed by atoms with Crippen LogP contribution in [0.2, 0.25) is 0 Å². The molecule has 22 heavy (non-hydrogen) atoms. The van der Waals surface area contributed by atoms with Crippen LogP contribution < -0.4 is 5.32 Å². The number of aromatic nitrogens is 2. The number of aryl methyl sites for hydroxylation is 1. The van der Waals surface area contributed by atoms with Gasteiger partial charge in [-0.1, -0.05) is 0 Å². The standard InChI is InChI=1S/C15H20N4O2S/c1-3-21-15(20)19-6-4-11(5-7-19)18-13-12-10(2)8-22-14(12)17-9-16-13/h8-9,11H,3-7H2,1-2H3,(H,16,17,18). The fraction of sp³-hybridized carbons (Fsp3) is 0.533. The molecule has 0 aromatic carbocycles. The number of anilines is 1. The summed E-state index contributed by atoms with van der Waals surface area (Å²) in [5.41, 5.74) is 1.20. The third kappa shape index (κ3) is 2.99. The number of rotatable bonds is 3. The van der Waals surface area contributed by atoms with Gasteiger partial charge < -0.3 is 15.0 Å². The Balaban J connectivity index is 1.65. The van der Waals surface area contributed by atoms with Gasteiger partial charge >= 0.3 is 6.09 Å². The first-order valence-corrected chi connectivity index (χ1v) is 8.44. The second-order valence-corrected chi connectivity index (χ2v) is 6.28. The van der Waals surface area contributed by atoms with Crippen LogP contribution in [-0.2, 0) is 4.74 Å². The molecule has 2 aromatic rings. The molecule has 0 radical (unpaired) electrons. The van der Waals surface area contributed by atoms with Crippen molar-refractivity contribution in [3.05, 3.63) is 17.3 Å². The number of thiophene rings is 1. The number of fused-ring (bicyclic) bond motifs is 1. The molecule has 1 amide bonds. The van der Waals surface area contributed by atoms with Gasteiger partial charge in [-0.2, -0.15) is 0 Å². The van der Waals surface area contributed by atoms with E-state index < -0.39 is 0 Å². The number of amides is 1. The second kappa shape index (κ2) is 6.48. The van der Waals surface area contributed by atoms with Gasteiger partial charge in [-0.15, -0.1) is 11.3 Å². The molecule has 0 spiro atoms. The van der Waals surface area contributed by atoms with Gasteiger partial charge in [0.25, 0.3) is 0 Å². The van der Waals surface area contributed by atoms with E-state index in [1.165, 1.54) is 5.56 Å². The minimum absolute atomic E-state index is 0.209.